The molecule has 5 heteroatoms. The van der Waals surface area contributed by atoms with Gasteiger partial charge in [0.2, 0.25) is 0 Å². The highest BCUT2D eigenvalue weighted by atomic mass is 19.2. The molecule has 1 aromatic heterocycles. The Morgan fingerprint density at radius 1 is 1.28 bits per heavy atom. The average Bonchev–Trinajstić information content (AvgIpc) is 2.66. The zero-order valence-corrected chi connectivity index (χ0v) is 10.4. The van der Waals surface area contributed by atoms with Gasteiger partial charge in [-0.05, 0) is 20.0 Å². The lowest BCUT2D eigenvalue weighted by molar-refractivity contribution is 0.491. The molecule has 0 atom stereocenters. The second-order valence-electron chi connectivity index (χ2n) is 4.18. The van der Waals surface area contributed by atoms with E-state index >= 15 is 0 Å². The van der Waals surface area contributed by atoms with Gasteiger partial charge < -0.3 is 5.32 Å². The zero-order chi connectivity index (χ0) is 13.1. The third-order valence-corrected chi connectivity index (χ3v) is 2.78. The Morgan fingerprint density at radius 3 is 2.78 bits per heavy atom. The lowest BCUT2D eigenvalue weighted by Crippen LogP contribution is -2.05. The molecule has 3 nitrogen and oxygen atoms in total. The Hall–Kier alpha value is -1.75. The van der Waals surface area contributed by atoms with Crippen molar-refractivity contribution >= 4 is 0 Å². The number of hydrogen-bond acceptors (Lipinski definition) is 2. The Kier molecular flexibility index (Phi) is 3.72. The molecule has 1 aromatic carbocycles. The van der Waals surface area contributed by atoms with E-state index in [4.69, 9.17) is 0 Å². The highest BCUT2D eigenvalue weighted by Crippen LogP contribution is 2.14. The molecule has 2 rings (SSSR count). The summed E-state index contributed by atoms with van der Waals surface area (Å²) in [5.41, 5.74) is 2.24. The van der Waals surface area contributed by atoms with Crippen molar-refractivity contribution in [3.63, 3.8) is 0 Å². The van der Waals surface area contributed by atoms with Gasteiger partial charge in [0.15, 0.2) is 11.6 Å². The molecule has 0 fully saturated rings. The van der Waals surface area contributed by atoms with Gasteiger partial charge in [0.25, 0.3) is 0 Å². The number of aryl methyl sites for hydroxylation is 1. The largest absolute Gasteiger partial charge is 0.316 e. The Balaban J connectivity index is 2.23. The molecule has 0 spiro atoms. The molecule has 0 saturated heterocycles. The fourth-order valence-electron chi connectivity index (χ4n) is 1.85. The summed E-state index contributed by atoms with van der Waals surface area (Å²) in [6.07, 6.45) is 1.84. The number of halogens is 2. The summed E-state index contributed by atoms with van der Waals surface area (Å²) in [5, 5.41) is 7.32. The first-order valence-corrected chi connectivity index (χ1v) is 5.72. The molecule has 0 amide bonds. The second kappa shape index (κ2) is 5.27. The van der Waals surface area contributed by atoms with Gasteiger partial charge in [-0.1, -0.05) is 12.1 Å². The van der Waals surface area contributed by atoms with Crippen molar-refractivity contribution in [2.45, 2.75) is 20.0 Å². The van der Waals surface area contributed by atoms with Crippen LogP contribution in [0.1, 0.15) is 16.8 Å². The Labute approximate surface area is 104 Å². The predicted molar refractivity (Wildman–Crippen MR) is 65.2 cm³/mol. The van der Waals surface area contributed by atoms with Crippen LogP contribution in [0.25, 0.3) is 0 Å². The first-order valence-electron chi connectivity index (χ1n) is 5.72. The number of hydrogen-bond donors (Lipinski definition) is 1. The quantitative estimate of drug-likeness (QED) is 0.903. The summed E-state index contributed by atoms with van der Waals surface area (Å²) in [6, 6.07) is 4.17. The molecule has 0 radical (unpaired) electrons. The van der Waals surface area contributed by atoms with Gasteiger partial charge >= 0.3 is 0 Å². The molecule has 1 N–H and O–H groups in total. The Morgan fingerprint density at radius 2 is 2.06 bits per heavy atom. The normalized spacial score (nSPS) is 10.9. The van der Waals surface area contributed by atoms with Crippen LogP contribution in [0.5, 0.6) is 0 Å². The van der Waals surface area contributed by atoms with Crippen LogP contribution in [0.4, 0.5) is 8.78 Å². The molecule has 0 aliphatic carbocycles. The summed E-state index contributed by atoms with van der Waals surface area (Å²) in [5.74, 6) is -1.63. The van der Waals surface area contributed by atoms with E-state index in [-0.39, 0.29) is 6.54 Å². The summed E-state index contributed by atoms with van der Waals surface area (Å²) in [7, 11) is 1.85. The number of nitrogens with zero attached hydrogens (tertiary/aromatic N) is 2. The molecule has 0 bridgehead atoms. The first-order chi connectivity index (χ1) is 8.61. The summed E-state index contributed by atoms with van der Waals surface area (Å²) >= 11 is 0. The van der Waals surface area contributed by atoms with Crippen molar-refractivity contribution in [2.24, 2.45) is 0 Å². The van der Waals surface area contributed by atoms with Crippen LogP contribution in [-0.4, -0.2) is 16.8 Å². The van der Waals surface area contributed by atoms with Crippen molar-refractivity contribution in [2.75, 3.05) is 7.05 Å². The number of rotatable bonds is 4. The van der Waals surface area contributed by atoms with Crippen molar-refractivity contribution < 1.29 is 8.78 Å². The van der Waals surface area contributed by atoms with Crippen LogP contribution >= 0.6 is 0 Å². The van der Waals surface area contributed by atoms with Gasteiger partial charge in [0.05, 0.1) is 12.2 Å². The summed E-state index contributed by atoms with van der Waals surface area (Å²) < 4.78 is 28.2. The van der Waals surface area contributed by atoms with Gasteiger partial charge in [-0.25, -0.2) is 8.78 Å². The standard InChI is InChI=1S/C13H15F2N3/c1-9-11(6-16-2)8-18(17-9)7-10-4-3-5-12(14)13(10)15/h3-5,8,16H,6-7H2,1-2H3. The van der Waals surface area contributed by atoms with Crippen LogP contribution in [0, 0.1) is 18.6 Å². The smallest absolute Gasteiger partial charge is 0.163 e. The molecular weight excluding hydrogens is 236 g/mol. The highest BCUT2D eigenvalue weighted by Gasteiger charge is 2.10. The fraction of sp³-hybridized carbons (Fsp3) is 0.308. The molecule has 1 heterocycles. The predicted octanol–water partition coefficient (Wildman–Crippen LogP) is 2.24. The summed E-state index contributed by atoms with van der Waals surface area (Å²) in [4.78, 5) is 0. The van der Waals surface area contributed by atoms with E-state index in [0.29, 0.717) is 12.1 Å². The summed E-state index contributed by atoms with van der Waals surface area (Å²) in [6.45, 7) is 2.83. The van der Waals surface area contributed by atoms with E-state index in [1.807, 2.05) is 20.2 Å². The van der Waals surface area contributed by atoms with Crippen LogP contribution < -0.4 is 5.32 Å². The zero-order valence-electron chi connectivity index (χ0n) is 10.4. The van der Waals surface area contributed by atoms with E-state index < -0.39 is 11.6 Å². The molecule has 0 aliphatic heterocycles. The number of benzene rings is 1. The van der Waals surface area contributed by atoms with Gasteiger partial charge in [-0.3, -0.25) is 4.68 Å². The second-order valence-corrected chi connectivity index (χ2v) is 4.18. The monoisotopic (exact) mass is 251 g/mol. The fourth-order valence-corrected chi connectivity index (χ4v) is 1.85. The van der Waals surface area contributed by atoms with E-state index in [1.165, 1.54) is 6.07 Å². The minimum absolute atomic E-state index is 0.230. The lowest BCUT2D eigenvalue weighted by Gasteiger charge is -2.04. The van der Waals surface area contributed by atoms with Crippen LogP contribution in [0.3, 0.4) is 0 Å². The van der Waals surface area contributed by atoms with E-state index in [1.54, 1.807) is 10.7 Å². The van der Waals surface area contributed by atoms with E-state index in [9.17, 15) is 8.78 Å². The molecule has 96 valence electrons. The van der Waals surface area contributed by atoms with Crippen molar-refractivity contribution in [1.82, 2.24) is 15.1 Å². The number of nitrogens with one attached hydrogen (secondary N) is 1. The van der Waals surface area contributed by atoms with Crippen molar-refractivity contribution in [3.8, 4) is 0 Å². The van der Waals surface area contributed by atoms with E-state index in [0.717, 1.165) is 17.3 Å². The minimum atomic E-state index is -0.827. The van der Waals surface area contributed by atoms with Crippen LogP contribution in [0.15, 0.2) is 24.4 Å². The lowest BCUT2D eigenvalue weighted by atomic mass is 10.2. The van der Waals surface area contributed by atoms with Crippen LogP contribution in [-0.2, 0) is 13.1 Å². The maximum absolute atomic E-state index is 13.5. The SMILES string of the molecule is CNCc1cn(Cc2cccc(F)c2F)nc1C. The Bertz CT molecular complexity index is 549. The van der Waals surface area contributed by atoms with Crippen molar-refractivity contribution in [1.29, 1.82) is 0 Å². The maximum atomic E-state index is 13.5. The maximum Gasteiger partial charge on any atom is 0.163 e. The minimum Gasteiger partial charge on any atom is -0.316 e. The topological polar surface area (TPSA) is 29.9 Å². The molecule has 18 heavy (non-hydrogen) atoms. The molecular formula is C13H15F2N3. The third kappa shape index (κ3) is 2.56. The first kappa shape index (κ1) is 12.7. The molecule has 0 unspecified atom stereocenters. The third-order valence-electron chi connectivity index (χ3n) is 2.78. The molecule has 2 aromatic rings. The average molecular weight is 251 g/mol. The number of aromatic nitrogens is 2. The van der Waals surface area contributed by atoms with Crippen molar-refractivity contribution in [3.05, 3.63) is 52.9 Å². The molecule has 0 aliphatic rings. The highest BCUT2D eigenvalue weighted by molar-refractivity contribution is 5.21. The van der Waals surface area contributed by atoms with Gasteiger partial charge in [0, 0.05) is 23.9 Å². The van der Waals surface area contributed by atoms with Gasteiger partial charge in [-0.2, -0.15) is 5.10 Å². The van der Waals surface area contributed by atoms with E-state index in [2.05, 4.69) is 10.4 Å². The van der Waals surface area contributed by atoms with Crippen LogP contribution in [0.2, 0.25) is 0 Å². The van der Waals surface area contributed by atoms with Gasteiger partial charge in [-0.15, -0.1) is 0 Å². The van der Waals surface area contributed by atoms with Gasteiger partial charge in [0.1, 0.15) is 0 Å². The molecule has 0 saturated carbocycles.